The lowest BCUT2D eigenvalue weighted by molar-refractivity contribution is -0.123. The van der Waals surface area contributed by atoms with Crippen LogP contribution in [0.5, 0.6) is 0 Å². The molecule has 1 amide bonds. The fraction of sp³-hybridized carbons (Fsp3) is 0.600. The third kappa shape index (κ3) is 3.00. The molecule has 0 radical (unpaired) electrons. The molecule has 5 heteroatoms. The predicted molar refractivity (Wildman–Crippen MR) is 61.7 cm³/mol. The van der Waals surface area contributed by atoms with E-state index in [1.54, 1.807) is 25.2 Å². The molecule has 1 unspecified atom stereocenters. The summed E-state index contributed by atoms with van der Waals surface area (Å²) in [5, 5.41) is 6.17. The van der Waals surface area contributed by atoms with Gasteiger partial charge in [0.05, 0.1) is 16.2 Å². The molecule has 1 aromatic rings. The minimum Gasteiger partial charge on any atom is -0.368 e. The van der Waals surface area contributed by atoms with Crippen molar-refractivity contribution in [2.45, 2.75) is 39.3 Å². The average Bonchev–Trinajstić information content (AvgIpc) is 2.50. The Kier molecular flexibility index (Phi) is 3.46. The van der Waals surface area contributed by atoms with Gasteiger partial charge in [0.15, 0.2) is 0 Å². The second kappa shape index (κ2) is 4.28. The van der Waals surface area contributed by atoms with E-state index in [0.29, 0.717) is 0 Å². The fourth-order valence-corrected chi connectivity index (χ4v) is 1.97. The average molecular weight is 227 g/mol. The largest absolute Gasteiger partial charge is 0.368 e. The Labute approximate surface area is 93.9 Å². The predicted octanol–water partition coefficient (Wildman–Crippen LogP) is 1.37. The number of aromatic nitrogens is 1. The van der Waals surface area contributed by atoms with Gasteiger partial charge in [-0.15, -0.1) is 11.3 Å². The van der Waals surface area contributed by atoms with E-state index in [1.165, 1.54) is 0 Å². The lowest BCUT2D eigenvalue weighted by atomic mass is 10.0. The highest BCUT2D eigenvalue weighted by Crippen LogP contribution is 2.18. The van der Waals surface area contributed by atoms with Crippen LogP contribution in [0.4, 0.5) is 0 Å². The molecule has 1 atom stereocenters. The molecule has 0 aliphatic rings. The highest BCUT2D eigenvalue weighted by molar-refractivity contribution is 7.09. The molecule has 0 aliphatic heterocycles. The summed E-state index contributed by atoms with van der Waals surface area (Å²) in [6, 6.07) is 0.0254. The Morgan fingerprint density at radius 2 is 2.27 bits per heavy atom. The first-order valence-electron chi connectivity index (χ1n) is 4.82. The van der Waals surface area contributed by atoms with Crippen LogP contribution in [0, 0.1) is 6.92 Å². The molecule has 1 rings (SSSR count). The minimum absolute atomic E-state index is 0.0254. The Balaban J connectivity index is 2.71. The van der Waals surface area contributed by atoms with Gasteiger partial charge < -0.3 is 5.73 Å². The van der Waals surface area contributed by atoms with Crippen LogP contribution in [0.2, 0.25) is 0 Å². The Morgan fingerprint density at radius 1 is 1.67 bits per heavy atom. The molecule has 1 heterocycles. The summed E-state index contributed by atoms with van der Waals surface area (Å²) < 4.78 is 0. The van der Waals surface area contributed by atoms with E-state index in [9.17, 15) is 4.79 Å². The minimum atomic E-state index is -0.711. The van der Waals surface area contributed by atoms with Crippen LogP contribution in [-0.2, 0) is 4.79 Å². The quantitative estimate of drug-likeness (QED) is 0.816. The van der Waals surface area contributed by atoms with Gasteiger partial charge in [0.1, 0.15) is 0 Å². The number of nitrogens with one attached hydrogen (secondary N) is 1. The molecule has 0 fully saturated rings. The van der Waals surface area contributed by atoms with Crippen LogP contribution in [0.25, 0.3) is 0 Å². The molecule has 0 aliphatic carbocycles. The monoisotopic (exact) mass is 227 g/mol. The number of amides is 1. The Hall–Kier alpha value is -0.940. The van der Waals surface area contributed by atoms with Crippen molar-refractivity contribution in [1.29, 1.82) is 0 Å². The van der Waals surface area contributed by atoms with Crippen molar-refractivity contribution in [2.24, 2.45) is 5.73 Å². The van der Waals surface area contributed by atoms with Crippen LogP contribution < -0.4 is 11.1 Å². The van der Waals surface area contributed by atoms with E-state index in [0.717, 1.165) is 10.7 Å². The first-order chi connectivity index (χ1) is 6.83. The van der Waals surface area contributed by atoms with E-state index in [-0.39, 0.29) is 11.9 Å². The van der Waals surface area contributed by atoms with Crippen LogP contribution in [0.3, 0.4) is 0 Å². The van der Waals surface area contributed by atoms with Crippen molar-refractivity contribution < 1.29 is 4.79 Å². The van der Waals surface area contributed by atoms with E-state index >= 15 is 0 Å². The number of nitrogens with zero attached hydrogens (tertiary/aromatic N) is 1. The molecule has 4 nitrogen and oxygen atoms in total. The summed E-state index contributed by atoms with van der Waals surface area (Å²) in [6.07, 6.45) is 0. The number of aryl methyl sites for hydroxylation is 1. The number of rotatable bonds is 4. The van der Waals surface area contributed by atoms with Crippen LogP contribution in [0.15, 0.2) is 5.38 Å². The SMILES string of the molecule is Cc1nc(C(C)NC(C)(C)C(N)=O)cs1. The van der Waals surface area contributed by atoms with E-state index < -0.39 is 5.54 Å². The fourth-order valence-electron chi connectivity index (χ4n) is 1.27. The van der Waals surface area contributed by atoms with Gasteiger partial charge in [-0.1, -0.05) is 0 Å². The second-order valence-corrected chi connectivity index (χ2v) is 5.21. The van der Waals surface area contributed by atoms with Crippen molar-refractivity contribution >= 4 is 17.2 Å². The van der Waals surface area contributed by atoms with Gasteiger partial charge in [-0.3, -0.25) is 10.1 Å². The zero-order valence-corrected chi connectivity index (χ0v) is 10.3. The molecule has 84 valence electrons. The van der Waals surface area contributed by atoms with Gasteiger partial charge in [0, 0.05) is 11.4 Å². The first-order valence-corrected chi connectivity index (χ1v) is 5.70. The number of nitrogens with two attached hydrogens (primary N) is 1. The summed E-state index contributed by atoms with van der Waals surface area (Å²) in [5.41, 5.74) is 5.52. The number of carbonyl (C=O) groups is 1. The van der Waals surface area contributed by atoms with Crippen LogP contribution in [-0.4, -0.2) is 16.4 Å². The summed E-state index contributed by atoms with van der Waals surface area (Å²) in [4.78, 5) is 15.5. The molecule has 0 bridgehead atoms. The molecule has 3 N–H and O–H groups in total. The molecule has 15 heavy (non-hydrogen) atoms. The van der Waals surface area contributed by atoms with Crippen molar-refractivity contribution in [3.63, 3.8) is 0 Å². The number of hydrogen-bond acceptors (Lipinski definition) is 4. The van der Waals surface area contributed by atoms with Gasteiger partial charge in [-0.25, -0.2) is 4.98 Å². The van der Waals surface area contributed by atoms with Gasteiger partial charge in [0.2, 0.25) is 5.91 Å². The first kappa shape index (κ1) is 12.1. The number of carbonyl (C=O) groups excluding carboxylic acids is 1. The molecular formula is C10H17N3OS. The molecule has 0 spiro atoms. The normalized spacial score (nSPS) is 13.9. The highest BCUT2D eigenvalue weighted by atomic mass is 32.1. The summed E-state index contributed by atoms with van der Waals surface area (Å²) in [6.45, 7) is 7.47. The standard InChI is InChI=1S/C10H17N3OS/c1-6(8-5-15-7(2)12-8)13-10(3,4)9(11)14/h5-6,13H,1-4H3,(H2,11,14). The molecule has 0 saturated heterocycles. The van der Waals surface area contributed by atoms with Crippen molar-refractivity contribution in [1.82, 2.24) is 10.3 Å². The summed E-state index contributed by atoms with van der Waals surface area (Å²) in [5.74, 6) is -0.360. The lowest BCUT2D eigenvalue weighted by Gasteiger charge is -2.26. The zero-order valence-electron chi connectivity index (χ0n) is 9.50. The summed E-state index contributed by atoms with van der Waals surface area (Å²) >= 11 is 1.60. The third-order valence-electron chi connectivity index (χ3n) is 2.27. The van der Waals surface area contributed by atoms with Crippen molar-refractivity contribution in [3.8, 4) is 0 Å². The van der Waals surface area contributed by atoms with Crippen LogP contribution >= 0.6 is 11.3 Å². The van der Waals surface area contributed by atoms with E-state index in [4.69, 9.17) is 5.73 Å². The molecule has 0 aromatic carbocycles. The topological polar surface area (TPSA) is 68.0 Å². The Morgan fingerprint density at radius 3 is 2.67 bits per heavy atom. The molecule has 1 aromatic heterocycles. The van der Waals surface area contributed by atoms with E-state index in [2.05, 4.69) is 10.3 Å². The summed E-state index contributed by atoms with van der Waals surface area (Å²) in [7, 11) is 0. The highest BCUT2D eigenvalue weighted by Gasteiger charge is 2.27. The third-order valence-corrected chi connectivity index (χ3v) is 3.07. The van der Waals surface area contributed by atoms with Gasteiger partial charge >= 0.3 is 0 Å². The molecule has 0 saturated carbocycles. The zero-order chi connectivity index (χ0) is 11.6. The maximum atomic E-state index is 11.1. The van der Waals surface area contributed by atoms with Crippen molar-refractivity contribution in [3.05, 3.63) is 16.1 Å². The van der Waals surface area contributed by atoms with Crippen LogP contribution in [0.1, 0.15) is 37.5 Å². The van der Waals surface area contributed by atoms with Gasteiger partial charge in [-0.2, -0.15) is 0 Å². The second-order valence-electron chi connectivity index (χ2n) is 4.15. The molecular weight excluding hydrogens is 210 g/mol. The van der Waals surface area contributed by atoms with Crippen molar-refractivity contribution in [2.75, 3.05) is 0 Å². The smallest absolute Gasteiger partial charge is 0.237 e. The number of primary amides is 1. The maximum Gasteiger partial charge on any atom is 0.237 e. The number of thiazole rings is 1. The lowest BCUT2D eigenvalue weighted by Crippen LogP contribution is -2.51. The van der Waals surface area contributed by atoms with Gasteiger partial charge in [0.25, 0.3) is 0 Å². The Bertz CT molecular complexity index is 359. The van der Waals surface area contributed by atoms with Gasteiger partial charge in [-0.05, 0) is 27.7 Å². The van der Waals surface area contributed by atoms with E-state index in [1.807, 2.05) is 19.2 Å². The maximum absolute atomic E-state index is 11.1. The number of hydrogen-bond donors (Lipinski definition) is 2.